The number of ether oxygens (including phenoxy) is 2. The Hall–Kier alpha value is -2.33. The first-order chi connectivity index (χ1) is 10.2. The molecule has 0 atom stereocenters. The maximum Gasteiger partial charge on any atom is 0.250 e. The minimum absolute atomic E-state index is 0.0417. The Morgan fingerprint density at radius 2 is 1.86 bits per heavy atom. The van der Waals surface area contributed by atoms with Crippen molar-refractivity contribution in [2.24, 2.45) is 0 Å². The number of hydrogen-bond acceptors (Lipinski definition) is 3. The summed E-state index contributed by atoms with van der Waals surface area (Å²) < 4.78 is 10.2. The van der Waals surface area contributed by atoms with E-state index in [2.05, 4.69) is 17.4 Å². The van der Waals surface area contributed by atoms with Crippen LogP contribution in [0.25, 0.3) is 0 Å². The zero-order valence-corrected chi connectivity index (χ0v) is 12.3. The number of amides is 1. The van der Waals surface area contributed by atoms with Gasteiger partial charge < -0.3 is 14.8 Å². The topological polar surface area (TPSA) is 47.6 Å². The van der Waals surface area contributed by atoms with Crippen LogP contribution < -0.4 is 10.1 Å². The number of carbonyl (C=O) groups excluding carboxylic acids is 1. The molecule has 4 heteroatoms. The van der Waals surface area contributed by atoms with Gasteiger partial charge in [-0.05, 0) is 23.8 Å². The van der Waals surface area contributed by atoms with Gasteiger partial charge >= 0.3 is 0 Å². The molecule has 0 aliphatic rings. The van der Waals surface area contributed by atoms with Crippen LogP contribution in [0.3, 0.4) is 0 Å². The first-order valence-corrected chi connectivity index (χ1v) is 6.72. The summed E-state index contributed by atoms with van der Waals surface area (Å²) >= 11 is 0. The average molecular weight is 285 g/mol. The third-order valence-electron chi connectivity index (χ3n) is 3.08. The number of hydrogen-bond donors (Lipinski definition) is 1. The van der Waals surface area contributed by atoms with Crippen LogP contribution in [0.15, 0.2) is 48.5 Å². The highest BCUT2D eigenvalue weighted by atomic mass is 16.5. The largest absolute Gasteiger partial charge is 0.496 e. The van der Waals surface area contributed by atoms with E-state index >= 15 is 0 Å². The first kappa shape index (κ1) is 15.1. The molecule has 0 aromatic heterocycles. The summed E-state index contributed by atoms with van der Waals surface area (Å²) in [5.74, 6) is 0.636. The molecule has 2 aromatic carbocycles. The van der Waals surface area contributed by atoms with E-state index in [0.717, 1.165) is 23.4 Å². The van der Waals surface area contributed by atoms with Crippen molar-refractivity contribution < 1.29 is 14.3 Å². The molecule has 2 aromatic rings. The summed E-state index contributed by atoms with van der Waals surface area (Å²) in [6.07, 6.45) is 0.748. The Bertz CT molecular complexity index is 596. The van der Waals surface area contributed by atoms with Crippen molar-refractivity contribution >= 4 is 11.6 Å². The molecule has 1 N–H and O–H groups in total. The van der Waals surface area contributed by atoms with Crippen molar-refractivity contribution in [3.05, 3.63) is 59.7 Å². The summed E-state index contributed by atoms with van der Waals surface area (Å²) in [6.45, 7) is 0.0417. The molecule has 0 unspecified atom stereocenters. The molecule has 0 saturated heterocycles. The van der Waals surface area contributed by atoms with Crippen LogP contribution in [0.4, 0.5) is 5.69 Å². The highest BCUT2D eigenvalue weighted by Gasteiger charge is 2.08. The lowest BCUT2D eigenvalue weighted by atomic mass is 10.0. The second-order valence-electron chi connectivity index (χ2n) is 4.67. The maximum atomic E-state index is 11.6. The Labute approximate surface area is 124 Å². The fraction of sp³-hybridized carbons (Fsp3) is 0.235. The Kier molecular flexibility index (Phi) is 5.35. The van der Waals surface area contributed by atoms with Gasteiger partial charge in [-0.15, -0.1) is 0 Å². The van der Waals surface area contributed by atoms with Crippen molar-refractivity contribution in [2.75, 3.05) is 26.1 Å². The van der Waals surface area contributed by atoms with Gasteiger partial charge in [-0.1, -0.05) is 30.3 Å². The van der Waals surface area contributed by atoms with Gasteiger partial charge in [0.15, 0.2) is 0 Å². The van der Waals surface area contributed by atoms with Crippen molar-refractivity contribution in [1.82, 2.24) is 0 Å². The molecule has 0 aliphatic carbocycles. The summed E-state index contributed by atoms with van der Waals surface area (Å²) in [7, 11) is 3.14. The molecule has 21 heavy (non-hydrogen) atoms. The number of methoxy groups -OCH3 is 2. The van der Waals surface area contributed by atoms with Gasteiger partial charge in [0, 0.05) is 24.8 Å². The zero-order chi connectivity index (χ0) is 15.1. The van der Waals surface area contributed by atoms with E-state index in [0.29, 0.717) is 0 Å². The summed E-state index contributed by atoms with van der Waals surface area (Å²) in [5, 5.41) is 2.80. The molecule has 0 fully saturated rings. The molecule has 0 spiro atoms. The fourth-order valence-corrected chi connectivity index (χ4v) is 2.14. The molecule has 0 bridgehead atoms. The molecule has 110 valence electrons. The predicted molar refractivity (Wildman–Crippen MR) is 82.7 cm³/mol. The van der Waals surface area contributed by atoms with Crippen LogP contribution in [0.1, 0.15) is 11.1 Å². The zero-order valence-electron chi connectivity index (χ0n) is 12.3. The van der Waals surface area contributed by atoms with E-state index < -0.39 is 0 Å². The molecule has 0 saturated carbocycles. The van der Waals surface area contributed by atoms with E-state index in [9.17, 15) is 4.79 Å². The molecule has 0 heterocycles. The third-order valence-corrected chi connectivity index (χ3v) is 3.08. The Balaban J connectivity index is 2.20. The van der Waals surface area contributed by atoms with Gasteiger partial charge in [-0.3, -0.25) is 4.79 Å². The highest BCUT2D eigenvalue weighted by Crippen LogP contribution is 2.25. The van der Waals surface area contributed by atoms with Crippen LogP contribution in [-0.4, -0.2) is 26.7 Å². The lowest BCUT2D eigenvalue weighted by Gasteiger charge is -2.12. The summed E-state index contributed by atoms with van der Waals surface area (Å²) in [6, 6.07) is 15.7. The first-order valence-electron chi connectivity index (χ1n) is 6.72. The Morgan fingerprint density at radius 1 is 1.10 bits per heavy atom. The predicted octanol–water partition coefficient (Wildman–Crippen LogP) is 2.87. The van der Waals surface area contributed by atoms with Gasteiger partial charge in [-0.25, -0.2) is 0 Å². The van der Waals surface area contributed by atoms with Gasteiger partial charge in [0.05, 0.1) is 7.11 Å². The van der Waals surface area contributed by atoms with Crippen molar-refractivity contribution in [2.45, 2.75) is 6.42 Å². The van der Waals surface area contributed by atoms with E-state index in [1.54, 1.807) is 7.11 Å². The summed E-state index contributed by atoms with van der Waals surface area (Å²) in [4.78, 5) is 11.6. The molecule has 2 rings (SSSR count). The minimum Gasteiger partial charge on any atom is -0.496 e. The molecule has 1 amide bonds. The maximum absolute atomic E-state index is 11.6. The van der Waals surface area contributed by atoms with Crippen LogP contribution in [0, 0.1) is 0 Å². The van der Waals surface area contributed by atoms with Crippen LogP contribution in [0.5, 0.6) is 5.75 Å². The standard InChI is InChI=1S/C17H19NO3/c1-20-12-17(19)18-15-8-9-16(21-2)14(11-15)10-13-6-4-3-5-7-13/h3-9,11H,10,12H2,1-2H3,(H,18,19). The van der Waals surface area contributed by atoms with Crippen LogP contribution >= 0.6 is 0 Å². The third kappa shape index (κ3) is 4.33. The lowest BCUT2D eigenvalue weighted by molar-refractivity contribution is -0.119. The lowest BCUT2D eigenvalue weighted by Crippen LogP contribution is -2.17. The minimum atomic E-state index is -0.173. The second kappa shape index (κ2) is 7.45. The van der Waals surface area contributed by atoms with Gasteiger partial charge in [0.25, 0.3) is 0 Å². The number of rotatable bonds is 6. The van der Waals surface area contributed by atoms with E-state index in [4.69, 9.17) is 9.47 Å². The SMILES string of the molecule is COCC(=O)Nc1ccc(OC)c(Cc2ccccc2)c1. The number of benzene rings is 2. The van der Waals surface area contributed by atoms with E-state index in [1.165, 1.54) is 12.7 Å². The Morgan fingerprint density at radius 3 is 2.52 bits per heavy atom. The van der Waals surface area contributed by atoms with Crippen molar-refractivity contribution in [1.29, 1.82) is 0 Å². The number of nitrogens with one attached hydrogen (secondary N) is 1. The van der Waals surface area contributed by atoms with Gasteiger partial charge in [0.1, 0.15) is 12.4 Å². The molecule has 0 aliphatic heterocycles. The van der Waals surface area contributed by atoms with Crippen LogP contribution in [-0.2, 0) is 16.0 Å². The van der Waals surface area contributed by atoms with Crippen molar-refractivity contribution in [3.63, 3.8) is 0 Å². The quantitative estimate of drug-likeness (QED) is 0.887. The smallest absolute Gasteiger partial charge is 0.250 e. The number of anilines is 1. The fourth-order valence-electron chi connectivity index (χ4n) is 2.14. The van der Waals surface area contributed by atoms with E-state index in [-0.39, 0.29) is 12.5 Å². The van der Waals surface area contributed by atoms with Gasteiger partial charge in [-0.2, -0.15) is 0 Å². The molecular weight excluding hydrogens is 266 g/mol. The normalized spacial score (nSPS) is 10.2. The average Bonchev–Trinajstić information content (AvgIpc) is 2.49. The van der Waals surface area contributed by atoms with Crippen LogP contribution in [0.2, 0.25) is 0 Å². The molecular formula is C17H19NO3. The van der Waals surface area contributed by atoms with E-state index in [1.807, 2.05) is 36.4 Å². The second-order valence-corrected chi connectivity index (χ2v) is 4.67. The highest BCUT2D eigenvalue weighted by molar-refractivity contribution is 5.91. The molecule has 0 radical (unpaired) electrons. The monoisotopic (exact) mass is 285 g/mol. The number of carbonyl (C=O) groups is 1. The molecule has 4 nitrogen and oxygen atoms in total. The van der Waals surface area contributed by atoms with Gasteiger partial charge in [0.2, 0.25) is 5.91 Å². The van der Waals surface area contributed by atoms with Crippen molar-refractivity contribution in [3.8, 4) is 5.75 Å². The summed E-state index contributed by atoms with van der Waals surface area (Å²) in [5.41, 5.74) is 2.96.